The van der Waals surface area contributed by atoms with Crippen LogP contribution in [0.1, 0.15) is 25.0 Å². The summed E-state index contributed by atoms with van der Waals surface area (Å²) in [6.07, 6.45) is 1.84. The Labute approximate surface area is 297 Å². The number of fused-ring (bicyclic) bond motifs is 7. The monoisotopic (exact) mass is 651 g/mol. The lowest BCUT2D eigenvalue weighted by Crippen LogP contribution is -2.15. The average molecular weight is 652 g/mol. The van der Waals surface area contributed by atoms with Crippen LogP contribution in [0.2, 0.25) is 0 Å². The van der Waals surface area contributed by atoms with Crippen molar-refractivity contribution < 1.29 is 0 Å². The maximum absolute atomic E-state index is 5.22. The van der Waals surface area contributed by atoms with Crippen LogP contribution in [0.5, 0.6) is 0 Å². The van der Waals surface area contributed by atoms with Gasteiger partial charge in [0, 0.05) is 33.7 Å². The van der Waals surface area contributed by atoms with E-state index >= 15 is 0 Å². The Morgan fingerprint density at radius 1 is 0.431 bits per heavy atom. The minimum Gasteiger partial charge on any atom is -0.256 e. The van der Waals surface area contributed by atoms with Crippen LogP contribution < -0.4 is 0 Å². The fraction of sp³-hybridized carbons (Fsp3) is 0.0625. The molecule has 2 aromatic heterocycles. The Bertz CT molecular complexity index is 2830. The van der Waals surface area contributed by atoms with E-state index in [4.69, 9.17) is 9.97 Å². The molecule has 0 radical (unpaired) electrons. The Balaban J connectivity index is 1.16. The molecule has 0 spiro atoms. The highest BCUT2D eigenvalue weighted by molar-refractivity contribution is 6.06. The van der Waals surface area contributed by atoms with Crippen molar-refractivity contribution in [3.05, 3.63) is 175 Å². The maximum atomic E-state index is 5.22. The molecule has 7 aromatic carbocycles. The molecule has 3 heteroatoms. The smallest absolute Gasteiger partial charge is 0.160 e. The molecule has 0 saturated heterocycles. The first kappa shape index (κ1) is 29.5. The third-order valence-corrected chi connectivity index (χ3v) is 10.7. The minimum atomic E-state index is -0.0860. The summed E-state index contributed by atoms with van der Waals surface area (Å²) in [5, 5.41) is 6.05. The lowest BCUT2D eigenvalue weighted by atomic mass is 9.80. The molecule has 10 rings (SSSR count). The molecule has 0 atom stereocenters. The van der Waals surface area contributed by atoms with Crippen molar-refractivity contribution in [3.63, 3.8) is 0 Å². The molecule has 0 amide bonds. The van der Waals surface area contributed by atoms with E-state index in [9.17, 15) is 0 Å². The first-order valence-corrected chi connectivity index (χ1v) is 17.5. The molecule has 9 aromatic rings. The van der Waals surface area contributed by atoms with Gasteiger partial charge in [-0.25, -0.2) is 9.97 Å². The minimum absolute atomic E-state index is 0.0860. The van der Waals surface area contributed by atoms with Crippen LogP contribution >= 0.6 is 0 Å². The zero-order chi connectivity index (χ0) is 34.1. The Hall–Kier alpha value is -6.45. The highest BCUT2D eigenvalue weighted by atomic mass is 14.9. The largest absolute Gasteiger partial charge is 0.256 e. The van der Waals surface area contributed by atoms with Crippen LogP contribution in [-0.4, -0.2) is 15.0 Å². The summed E-state index contributed by atoms with van der Waals surface area (Å²) in [6.45, 7) is 4.73. The summed E-state index contributed by atoms with van der Waals surface area (Å²) in [7, 11) is 0. The van der Waals surface area contributed by atoms with Crippen molar-refractivity contribution in [2.45, 2.75) is 19.3 Å². The molecular formula is C48H33N3. The molecule has 51 heavy (non-hydrogen) atoms. The second kappa shape index (κ2) is 11.3. The number of aromatic nitrogens is 3. The molecule has 0 N–H and O–H groups in total. The van der Waals surface area contributed by atoms with Crippen molar-refractivity contribution in [1.29, 1.82) is 0 Å². The van der Waals surface area contributed by atoms with Crippen LogP contribution in [0, 0.1) is 0 Å². The zero-order valence-corrected chi connectivity index (χ0v) is 28.4. The molecule has 240 valence electrons. The van der Waals surface area contributed by atoms with Gasteiger partial charge < -0.3 is 0 Å². The second-order valence-electron chi connectivity index (χ2n) is 14.0. The standard InChI is InChI=1S/C48H33N3/c1-48(2)42-26-22-32(28-41(42)40-23-21-30-12-6-7-15-34(30)46(40)48)33-24-25-39(36-17-9-8-16-35(33)36)45-29-44(50-47(51-45)31-13-4-3-5-14-31)38-18-10-20-43-37(38)19-11-27-49-43/h3-29H,1-2H3. The molecule has 2 heterocycles. The third-order valence-electron chi connectivity index (χ3n) is 10.7. The molecular weight excluding hydrogens is 619 g/mol. The lowest BCUT2D eigenvalue weighted by molar-refractivity contribution is 0.666. The summed E-state index contributed by atoms with van der Waals surface area (Å²) in [6, 6.07) is 56.4. The predicted molar refractivity (Wildman–Crippen MR) is 212 cm³/mol. The van der Waals surface area contributed by atoms with Crippen molar-refractivity contribution in [2.75, 3.05) is 0 Å². The highest BCUT2D eigenvalue weighted by Crippen LogP contribution is 2.52. The van der Waals surface area contributed by atoms with E-state index < -0.39 is 0 Å². The van der Waals surface area contributed by atoms with Gasteiger partial charge in [-0.15, -0.1) is 0 Å². The molecule has 3 nitrogen and oxygen atoms in total. The quantitative estimate of drug-likeness (QED) is 0.190. The van der Waals surface area contributed by atoms with Crippen molar-refractivity contribution in [2.24, 2.45) is 0 Å². The predicted octanol–water partition coefficient (Wildman–Crippen LogP) is 12.3. The van der Waals surface area contributed by atoms with Crippen molar-refractivity contribution in [3.8, 4) is 56.2 Å². The average Bonchev–Trinajstić information content (AvgIpc) is 3.43. The summed E-state index contributed by atoms with van der Waals surface area (Å²) in [4.78, 5) is 15.0. The van der Waals surface area contributed by atoms with E-state index in [1.807, 2.05) is 36.5 Å². The molecule has 1 aliphatic carbocycles. The van der Waals surface area contributed by atoms with E-state index in [0.717, 1.165) is 44.4 Å². The van der Waals surface area contributed by atoms with Crippen LogP contribution in [-0.2, 0) is 5.41 Å². The summed E-state index contributed by atoms with van der Waals surface area (Å²) in [5.74, 6) is 0.699. The van der Waals surface area contributed by atoms with E-state index in [2.05, 4.69) is 146 Å². The van der Waals surface area contributed by atoms with Gasteiger partial charge in [-0.05, 0) is 79.2 Å². The maximum Gasteiger partial charge on any atom is 0.160 e. The number of benzene rings is 7. The van der Waals surface area contributed by atoms with E-state index in [1.54, 1.807) is 0 Å². The Morgan fingerprint density at radius 2 is 1.10 bits per heavy atom. The van der Waals surface area contributed by atoms with Crippen LogP contribution in [0.4, 0.5) is 0 Å². The van der Waals surface area contributed by atoms with Gasteiger partial charge in [0.2, 0.25) is 0 Å². The van der Waals surface area contributed by atoms with Gasteiger partial charge in [0.1, 0.15) is 0 Å². The molecule has 0 unspecified atom stereocenters. The fourth-order valence-electron chi connectivity index (χ4n) is 8.32. The highest BCUT2D eigenvalue weighted by Gasteiger charge is 2.37. The van der Waals surface area contributed by atoms with Gasteiger partial charge in [-0.2, -0.15) is 0 Å². The molecule has 0 bridgehead atoms. The normalized spacial score (nSPS) is 13.1. The first-order chi connectivity index (χ1) is 25.0. The van der Waals surface area contributed by atoms with Gasteiger partial charge >= 0.3 is 0 Å². The number of pyridine rings is 1. The second-order valence-corrected chi connectivity index (χ2v) is 14.0. The number of hydrogen-bond donors (Lipinski definition) is 0. The Morgan fingerprint density at radius 3 is 1.92 bits per heavy atom. The lowest BCUT2D eigenvalue weighted by Gasteiger charge is -2.23. The SMILES string of the molecule is CC1(C)c2ccc(-c3ccc(-c4cc(-c5cccc6ncccc56)nc(-c5ccccc5)n4)c4ccccc34)cc2-c2ccc3ccccc3c21. The number of hydrogen-bond acceptors (Lipinski definition) is 3. The molecule has 0 saturated carbocycles. The summed E-state index contributed by atoms with van der Waals surface area (Å²) >= 11 is 0. The van der Waals surface area contributed by atoms with Gasteiger partial charge in [-0.3, -0.25) is 4.98 Å². The molecule has 1 aliphatic rings. The number of rotatable bonds is 4. The van der Waals surface area contributed by atoms with Gasteiger partial charge in [0.05, 0.1) is 16.9 Å². The van der Waals surface area contributed by atoms with Crippen molar-refractivity contribution in [1.82, 2.24) is 15.0 Å². The molecule has 0 aliphatic heterocycles. The fourth-order valence-corrected chi connectivity index (χ4v) is 8.32. The van der Waals surface area contributed by atoms with Gasteiger partial charge in [0.15, 0.2) is 5.82 Å². The summed E-state index contributed by atoms with van der Waals surface area (Å²) in [5.41, 5.74) is 13.6. The van der Waals surface area contributed by atoms with E-state index in [0.29, 0.717) is 5.82 Å². The first-order valence-electron chi connectivity index (χ1n) is 17.5. The van der Waals surface area contributed by atoms with E-state index in [-0.39, 0.29) is 5.41 Å². The number of nitrogens with zero attached hydrogens (tertiary/aromatic N) is 3. The van der Waals surface area contributed by atoms with Crippen LogP contribution in [0.15, 0.2) is 164 Å². The van der Waals surface area contributed by atoms with Gasteiger partial charge in [0.25, 0.3) is 0 Å². The van der Waals surface area contributed by atoms with Crippen LogP contribution in [0.3, 0.4) is 0 Å². The molecule has 0 fully saturated rings. The Kier molecular flexibility index (Phi) is 6.53. The van der Waals surface area contributed by atoms with Crippen LogP contribution in [0.25, 0.3) is 88.6 Å². The third kappa shape index (κ3) is 4.62. The summed E-state index contributed by atoms with van der Waals surface area (Å²) < 4.78 is 0. The topological polar surface area (TPSA) is 38.7 Å². The van der Waals surface area contributed by atoms with Crippen molar-refractivity contribution >= 4 is 32.4 Å². The zero-order valence-electron chi connectivity index (χ0n) is 28.4. The van der Waals surface area contributed by atoms with Gasteiger partial charge in [-0.1, -0.05) is 147 Å². The van der Waals surface area contributed by atoms with E-state index in [1.165, 1.54) is 49.5 Å².